The van der Waals surface area contributed by atoms with Gasteiger partial charge in [-0.05, 0) is 12.8 Å². The molecular weight excluding hydrogens is 274 g/mol. The molecular formula is C14H23N3O2S. The van der Waals surface area contributed by atoms with Crippen LogP contribution in [0, 0.1) is 5.92 Å². The first kappa shape index (κ1) is 16.4. The Kier molecular flexibility index (Phi) is 5.88. The zero-order valence-corrected chi connectivity index (χ0v) is 13.3. The number of ether oxygens (including phenoxy) is 1. The number of carbonyl (C=O) groups excluding carboxylic acids is 1. The number of hydrogen-bond acceptors (Lipinski definition) is 5. The molecule has 0 saturated carbocycles. The molecule has 1 atom stereocenters. The van der Waals surface area contributed by atoms with Crippen LogP contribution >= 0.6 is 11.3 Å². The van der Waals surface area contributed by atoms with E-state index in [9.17, 15) is 4.79 Å². The van der Waals surface area contributed by atoms with Crippen molar-refractivity contribution in [3.8, 4) is 5.75 Å². The summed E-state index contributed by atoms with van der Waals surface area (Å²) in [5, 5.41) is 6.85. The number of nitrogens with one attached hydrogen (secondary N) is 2. The second kappa shape index (κ2) is 7.19. The average molecular weight is 297 g/mol. The number of thiophene rings is 1. The maximum absolute atomic E-state index is 12.0. The highest BCUT2D eigenvalue weighted by molar-refractivity contribution is 7.19. The van der Waals surface area contributed by atoms with E-state index >= 15 is 0 Å². The fraction of sp³-hybridized carbons (Fsp3) is 0.500. The fourth-order valence-corrected chi connectivity index (χ4v) is 2.62. The zero-order valence-electron chi connectivity index (χ0n) is 12.4. The maximum Gasteiger partial charge on any atom is 0.263 e. The fourth-order valence-electron chi connectivity index (χ4n) is 1.51. The number of hydrogen-bond donors (Lipinski definition) is 3. The van der Waals surface area contributed by atoms with Crippen molar-refractivity contribution in [1.29, 1.82) is 0 Å². The van der Waals surface area contributed by atoms with Gasteiger partial charge in [-0.25, -0.2) is 0 Å². The van der Waals surface area contributed by atoms with Crippen LogP contribution in [-0.4, -0.2) is 25.6 Å². The van der Waals surface area contributed by atoms with E-state index in [-0.39, 0.29) is 11.9 Å². The van der Waals surface area contributed by atoms with Crippen molar-refractivity contribution in [3.63, 3.8) is 0 Å². The van der Waals surface area contributed by atoms with Gasteiger partial charge in [0, 0.05) is 12.6 Å². The largest absolute Gasteiger partial charge is 0.492 e. The number of carbonyl (C=O) groups is 1. The quantitative estimate of drug-likeness (QED) is 0.676. The summed E-state index contributed by atoms with van der Waals surface area (Å²) in [7, 11) is 1.55. The maximum atomic E-state index is 12.0. The molecule has 0 bridgehead atoms. The Balaban J connectivity index is 3.02. The summed E-state index contributed by atoms with van der Waals surface area (Å²) < 4.78 is 5.31. The van der Waals surface area contributed by atoms with Gasteiger partial charge in [0.1, 0.15) is 15.6 Å². The summed E-state index contributed by atoms with van der Waals surface area (Å²) in [5.41, 5.74) is 6.37. The van der Waals surface area contributed by atoms with Crippen LogP contribution in [0.15, 0.2) is 12.7 Å². The molecule has 1 unspecified atom stereocenters. The molecule has 0 aliphatic rings. The smallest absolute Gasteiger partial charge is 0.263 e. The second-order valence-corrected chi connectivity index (χ2v) is 5.90. The van der Waals surface area contributed by atoms with E-state index in [4.69, 9.17) is 10.5 Å². The molecule has 112 valence electrons. The Hall–Kier alpha value is -1.69. The summed E-state index contributed by atoms with van der Waals surface area (Å²) in [6.07, 6.45) is 1.62. The Morgan fingerprint density at radius 3 is 2.65 bits per heavy atom. The number of amides is 1. The molecule has 0 fully saturated rings. The molecule has 4 N–H and O–H groups in total. The number of nitrogens with two attached hydrogens (primary N) is 1. The molecule has 0 saturated heterocycles. The summed E-state index contributed by atoms with van der Waals surface area (Å²) in [6.45, 7) is 10.3. The molecule has 1 rings (SSSR count). The Morgan fingerprint density at radius 1 is 1.50 bits per heavy atom. The molecule has 6 heteroatoms. The highest BCUT2D eigenvalue weighted by Crippen LogP contribution is 2.42. The third-order valence-electron chi connectivity index (χ3n) is 3.08. The Labute approximate surface area is 124 Å². The van der Waals surface area contributed by atoms with Crippen LogP contribution in [0.5, 0.6) is 5.75 Å². The molecule has 5 nitrogen and oxygen atoms in total. The number of anilines is 2. The van der Waals surface area contributed by atoms with Crippen molar-refractivity contribution in [2.45, 2.75) is 26.8 Å². The van der Waals surface area contributed by atoms with Crippen LogP contribution in [0.3, 0.4) is 0 Å². The van der Waals surface area contributed by atoms with Gasteiger partial charge in [-0.3, -0.25) is 4.79 Å². The van der Waals surface area contributed by atoms with E-state index in [1.165, 1.54) is 11.3 Å². The third-order valence-corrected chi connectivity index (χ3v) is 4.19. The van der Waals surface area contributed by atoms with Crippen LogP contribution in [0.1, 0.15) is 30.4 Å². The highest BCUT2D eigenvalue weighted by Gasteiger charge is 2.22. The van der Waals surface area contributed by atoms with E-state index in [2.05, 4.69) is 38.0 Å². The normalized spacial score (nSPS) is 12.1. The van der Waals surface area contributed by atoms with Crippen molar-refractivity contribution in [3.05, 3.63) is 17.5 Å². The van der Waals surface area contributed by atoms with E-state index in [1.807, 2.05) is 0 Å². The monoisotopic (exact) mass is 297 g/mol. The molecule has 0 radical (unpaired) electrons. The Morgan fingerprint density at radius 2 is 2.15 bits per heavy atom. The van der Waals surface area contributed by atoms with E-state index in [0.717, 1.165) is 5.00 Å². The standard InChI is InChI=1S/C14H23N3O2S/c1-6-7-16-13(18)12-10(15)11(19-5)14(20-12)17-9(4)8(2)3/h6,8-9,17H,1,7,15H2,2-5H3,(H,16,18). The molecule has 0 aliphatic carbocycles. The first-order chi connectivity index (χ1) is 9.42. The predicted molar refractivity (Wildman–Crippen MR) is 85.7 cm³/mol. The minimum absolute atomic E-state index is 0.212. The molecule has 1 heterocycles. The van der Waals surface area contributed by atoms with E-state index in [1.54, 1.807) is 13.2 Å². The summed E-state index contributed by atoms with van der Waals surface area (Å²) in [6, 6.07) is 0.256. The Bertz CT molecular complexity index is 483. The minimum Gasteiger partial charge on any atom is -0.492 e. The summed E-state index contributed by atoms with van der Waals surface area (Å²) in [4.78, 5) is 12.5. The van der Waals surface area contributed by atoms with Crippen molar-refractivity contribution in [1.82, 2.24) is 5.32 Å². The number of methoxy groups -OCH3 is 1. The summed E-state index contributed by atoms with van der Waals surface area (Å²) >= 11 is 1.31. The first-order valence-electron chi connectivity index (χ1n) is 6.54. The number of nitrogen functional groups attached to an aromatic ring is 1. The molecule has 1 aromatic heterocycles. The molecule has 0 aliphatic heterocycles. The van der Waals surface area contributed by atoms with Gasteiger partial charge in [0.05, 0.1) is 7.11 Å². The molecule has 1 aromatic rings. The molecule has 0 spiro atoms. The van der Waals surface area contributed by atoms with Crippen LogP contribution in [0.25, 0.3) is 0 Å². The van der Waals surface area contributed by atoms with Crippen molar-refractivity contribution in [2.24, 2.45) is 5.92 Å². The van der Waals surface area contributed by atoms with Crippen molar-refractivity contribution in [2.75, 3.05) is 24.7 Å². The zero-order chi connectivity index (χ0) is 15.3. The molecule has 0 aromatic carbocycles. The predicted octanol–water partition coefficient (Wildman–Crippen LogP) is 2.71. The van der Waals surface area contributed by atoms with Gasteiger partial charge in [-0.15, -0.1) is 17.9 Å². The van der Waals surface area contributed by atoms with Gasteiger partial charge in [0.2, 0.25) is 0 Å². The van der Waals surface area contributed by atoms with Crippen LogP contribution in [-0.2, 0) is 0 Å². The lowest BCUT2D eigenvalue weighted by Crippen LogP contribution is -2.23. The van der Waals surface area contributed by atoms with Crippen LogP contribution in [0.2, 0.25) is 0 Å². The van der Waals surface area contributed by atoms with E-state index in [0.29, 0.717) is 28.8 Å². The third kappa shape index (κ3) is 3.66. The van der Waals surface area contributed by atoms with Crippen molar-refractivity contribution < 1.29 is 9.53 Å². The van der Waals surface area contributed by atoms with E-state index < -0.39 is 0 Å². The topological polar surface area (TPSA) is 76.4 Å². The van der Waals surface area contributed by atoms with Crippen LogP contribution in [0.4, 0.5) is 10.7 Å². The van der Waals surface area contributed by atoms with Gasteiger partial charge in [-0.2, -0.15) is 0 Å². The lowest BCUT2D eigenvalue weighted by Gasteiger charge is -2.18. The second-order valence-electron chi connectivity index (χ2n) is 4.88. The van der Waals surface area contributed by atoms with Gasteiger partial charge in [-0.1, -0.05) is 19.9 Å². The average Bonchev–Trinajstić information content (AvgIpc) is 2.72. The van der Waals surface area contributed by atoms with Crippen molar-refractivity contribution >= 4 is 27.9 Å². The minimum atomic E-state index is -0.212. The molecule has 1 amide bonds. The highest BCUT2D eigenvalue weighted by atomic mass is 32.1. The lowest BCUT2D eigenvalue weighted by atomic mass is 10.1. The lowest BCUT2D eigenvalue weighted by molar-refractivity contribution is 0.0962. The SMILES string of the molecule is C=CCNC(=O)c1sc(NC(C)C(C)C)c(OC)c1N. The summed E-state index contributed by atoms with van der Waals surface area (Å²) in [5.74, 6) is 0.781. The number of rotatable bonds is 7. The van der Waals surface area contributed by atoms with Gasteiger partial charge in [0.15, 0.2) is 5.75 Å². The van der Waals surface area contributed by atoms with Gasteiger partial charge >= 0.3 is 0 Å². The molecule has 20 heavy (non-hydrogen) atoms. The van der Waals surface area contributed by atoms with Gasteiger partial charge < -0.3 is 21.1 Å². The first-order valence-corrected chi connectivity index (χ1v) is 7.35. The van der Waals surface area contributed by atoms with Crippen LogP contribution < -0.4 is 21.1 Å². The van der Waals surface area contributed by atoms with Gasteiger partial charge in [0.25, 0.3) is 5.91 Å².